The number of rotatable bonds is 18. The molecule has 1 saturated carbocycles. The van der Waals surface area contributed by atoms with Crippen LogP contribution < -0.4 is 11.5 Å². The number of aryl methyl sites for hydroxylation is 1. The van der Waals surface area contributed by atoms with Gasteiger partial charge in [0.2, 0.25) is 5.78 Å². The maximum Gasteiger partial charge on any atom is 0.201 e. The minimum absolute atomic E-state index is 0.0162. The molecule has 1 aliphatic carbocycles. The molecule has 0 radical (unpaired) electrons. The molecule has 0 saturated heterocycles. The standard InChI is InChI=1S/C10H18O2.C10H12.C9H20.C7H14O.C6H12O.C6H12.C6H6.C4H9N.C3H7N.C3H4O.2C2H6/c1-4-6-9(7-5-2)10(12)8(3)11;1-8(2)10-6-4-9(3)5-7-10;1-5-6-7-9(4)8(2)3;1-4-6(2)5-7(3)8;1-3-4-5-6(2)7;2*1-2-4-6-5-3-1;1-3-4(2)5;1-3(2)4;1-2-3-4;2*1-2/h9H,4-7H2,1-3H3;4-7H,1H2,2-3H3;8-9H,5-7H2,1-4H3;6H,4-5H2,1-3H3;3-5H2,1-2H3;1-6H2;1-6H;2-3,5H2,1H3;1,4H2,2H3;2H,1H3;2*1-2H3. The van der Waals surface area contributed by atoms with Crippen molar-refractivity contribution in [1.82, 2.24) is 0 Å². The molecule has 7 nitrogen and oxygen atoms in total. The number of carbonyl (C=O) groups excluding carboxylic acids is 5. The number of ketones is 4. The lowest BCUT2D eigenvalue weighted by Gasteiger charge is -2.13. The van der Waals surface area contributed by atoms with Crippen molar-refractivity contribution in [2.75, 3.05) is 0 Å². The second kappa shape index (κ2) is 75.9. The van der Waals surface area contributed by atoms with Crippen LogP contribution in [0.4, 0.5) is 0 Å². The maximum absolute atomic E-state index is 11.3. The van der Waals surface area contributed by atoms with Crippen molar-refractivity contribution in [2.45, 2.75) is 267 Å². The number of nitrogens with two attached hydrogens (primary N) is 2. The van der Waals surface area contributed by atoms with Crippen LogP contribution in [0.5, 0.6) is 0 Å². The zero-order valence-electron chi connectivity index (χ0n) is 53.4. The second-order valence-electron chi connectivity index (χ2n) is 19.0. The van der Waals surface area contributed by atoms with Gasteiger partial charge in [-0.1, -0.05) is 272 Å². The van der Waals surface area contributed by atoms with Crippen molar-refractivity contribution < 1.29 is 24.0 Å². The molecule has 1 aliphatic rings. The number of hydrogen-bond acceptors (Lipinski definition) is 7. The van der Waals surface area contributed by atoms with Crippen LogP contribution >= 0.6 is 0 Å². The molecule has 3 rings (SSSR count). The van der Waals surface area contributed by atoms with Crippen LogP contribution in [-0.4, -0.2) is 29.1 Å². The highest BCUT2D eigenvalue weighted by Gasteiger charge is 2.19. The van der Waals surface area contributed by atoms with Gasteiger partial charge in [0.25, 0.3) is 0 Å². The first-order valence-corrected chi connectivity index (χ1v) is 29.1. The minimum atomic E-state index is -0.290. The van der Waals surface area contributed by atoms with Crippen molar-refractivity contribution in [3.63, 3.8) is 0 Å². The summed E-state index contributed by atoms with van der Waals surface area (Å²) in [6.07, 6.45) is 23.8. The Morgan fingerprint density at radius 1 is 0.613 bits per heavy atom. The van der Waals surface area contributed by atoms with Crippen molar-refractivity contribution >= 4 is 34.6 Å². The van der Waals surface area contributed by atoms with Gasteiger partial charge in [0.05, 0.1) is 0 Å². The van der Waals surface area contributed by atoms with E-state index in [1.807, 2.05) is 91.8 Å². The van der Waals surface area contributed by atoms with E-state index in [1.165, 1.54) is 81.9 Å². The SMILES string of the molecule is C1CCCCC1.C=C(C)N.C=C(C)c1ccc(C)cc1.C=C(N)CC.CC.CC.CC=C=O.CCC(C)CC(C)=O.CCCC(CCC)C(=O)C(C)=O.CCCCC(C)=O.CCCCC(C)C(C)C.c1ccccc1. The largest absolute Gasteiger partial charge is 0.403 e. The van der Waals surface area contributed by atoms with Crippen LogP contribution in [0.3, 0.4) is 0 Å². The highest BCUT2D eigenvalue weighted by Crippen LogP contribution is 2.17. The zero-order valence-corrected chi connectivity index (χ0v) is 53.4. The molecule has 2 atom stereocenters. The second-order valence-corrected chi connectivity index (χ2v) is 19.0. The minimum Gasteiger partial charge on any atom is -0.403 e. The summed E-state index contributed by atoms with van der Waals surface area (Å²) in [5.41, 5.74) is 15.1. The average Bonchev–Trinajstić information content (AvgIpc) is 3.40. The Bertz CT molecular complexity index is 1520. The molecule has 0 spiro atoms. The summed E-state index contributed by atoms with van der Waals surface area (Å²) in [7, 11) is 0. The normalized spacial score (nSPS) is 10.7. The van der Waals surface area contributed by atoms with E-state index in [4.69, 9.17) is 16.3 Å². The smallest absolute Gasteiger partial charge is 0.201 e. The molecule has 0 aromatic heterocycles. The lowest BCUT2D eigenvalue weighted by Crippen LogP contribution is -2.21. The molecular weight excluding hydrogens is 925 g/mol. The summed E-state index contributed by atoms with van der Waals surface area (Å²) >= 11 is 0. The molecule has 1 fully saturated rings. The van der Waals surface area contributed by atoms with E-state index in [-0.39, 0.29) is 17.5 Å². The molecule has 438 valence electrons. The van der Waals surface area contributed by atoms with Gasteiger partial charge in [-0.2, -0.15) is 0 Å². The molecule has 75 heavy (non-hydrogen) atoms. The summed E-state index contributed by atoms with van der Waals surface area (Å²) in [6, 6.07) is 20.4. The third-order valence-corrected chi connectivity index (χ3v) is 10.6. The Morgan fingerprint density at radius 3 is 1.15 bits per heavy atom. The fourth-order valence-electron chi connectivity index (χ4n) is 5.59. The van der Waals surface area contributed by atoms with Gasteiger partial charge in [-0.15, -0.1) is 0 Å². The van der Waals surface area contributed by atoms with Crippen LogP contribution in [-0.2, 0) is 24.0 Å². The number of carbonyl (C=O) groups is 4. The third kappa shape index (κ3) is 99.1. The number of allylic oxidation sites excluding steroid dienone is 4. The summed E-state index contributed by atoms with van der Waals surface area (Å²) in [5.74, 6) is 4.05. The average molecular weight is 1050 g/mol. The molecule has 2 aromatic carbocycles. The Morgan fingerprint density at radius 2 is 0.960 bits per heavy atom. The van der Waals surface area contributed by atoms with Gasteiger partial charge in [0.1, 0.15) is 17.5 Å². The van der Waals surface area contributed by atoms with E-state index in [0.29, 0.717) is 23.2 Å². The summed E-state index contributed by atoms with van der Waals surface area (Å²) < 4.78 is 0. The lowest BCUT2D eigenvalue weighted by atomic mass is 9.92. The maximum atomic E-state index is 11.3. The van der Waals surface area contributed by atoms with E-state index in [2.05, 4.69) is 99.4 Å². The fourth-order valence-corrected chi connectivity index (χ4v) is 5.59. The first-order valence-electron chi connectivity index (χ1n) is 29.1. The first kappa shape index (κ1) is 89.9. The van der Waals surface area contributed by atoms with Gasteiger partial charge in [-0.3, -0.25) is 9.59 Å². The van der Waals surface area contributed by atoms with Crippen molar-refractivity contribution in [1.29, 1.82) is 0 Å². The number of benzene rings is 2. The van der Waals surface area contributed by atoms with Crippen LogP contribution in [0.15, 0.2) is 97.9 Å². The Labute approximate surface area is 468 Å². The predicted octanol–water partition coefficient (Wildman–Crippen LogP) is 20.5. The molecule has 2 unspecified atom stereocenters. The quantitative estimate of drug-likeness (QED) is 0.112. The third-order valence-electron chi connectivity index (χ3n) is 10.6. The van der Waals surface area contributed by atoms with Gasteiger partial charge < -0.3 is 21.1 Å². The number of unbranched alkanes of at least 4 members (excludes halogenated alkanes) is 2. The first-order chi connectivity index (χ1) is 35.4. The van der Waals surface area contributed by atoms with E-state index >= 15 is 0 Å². The number of Topliss-reactive ketones (excluding diaryl/α,β-unsaturated/α-hetero) is 4. The van der Waals surface area contributed by atoms with E-state index < -0.39 is 0 Å². The summed E-state index contributed by atoms with van der Waals surface area (Å²) in [4.78, 5) is 51.7. The fraction of sp³-hybridized carbons (Fsp3) is 0.647. The van der Waals surface area contributed by atoms with Gasteiger partial charge in [0.15, 0.2) is 5.78 Å². The Kier molecular flexibility index (Phi) is 91.0. The lowest BCUT2D eigenvalue weighted by molar-refractivity contribution is -0.138. The molecule has 7 heteroatoms. The molecule has 0 heterocycles. The van der Waals surface area contributed by atoms with E-state index in [9.17, 15) is 19.2 Å². The van der Waals surface area contributed by atoms with Gasteiger partial charge >= 0.3 is 0 Å². The Balaban J connectivity index is -0.0000000929. The van der Waals surface area contributed by atoms with E-state index in [1.54, 1.807) is 33.6 Å². The van der Waals surface area contributed by atoms with Gasteiger partial charge in [-0.05, 0) is 102 Å². The van der Waals surface area contributed by atoms with Crippen molar-refractivity contribution in [2.24, 2.45) is 35.1 Å². The van der Waals surface area contributed by atoms with Gasteiger partial charge in [-0.25, -0.2) is 4.79 Å². The Hall–Kier alpha value is -4.61. The summed E-state index contributed by atoms with van der Waals surface area (Å²) in [5, 5.41) is 0. The monoisotopic (exact) mass is 1050 g/mol. The zero-order chi connectivity index (χ0) is 60.4. The molecule has 4 N–H and O–H groups in total. The van der Waals surface area contributed by atoms with Crippen LogP contribution in [0.1, 0.15) is 272 Å². The van der Waals surface area contributed by atoms with Crippen molar-refractivity contribution in [3.8, 4) is 0 Å². The molecule has 0 bridgehead atoms. The van der Waals surface area contributed by atoms with Crippen molar-refractivity contribution in [3.05, 3.63) is 109 Å². The molecule has 2 aromatic rings. The van der Waals surface area contributed by atoms with Crippen LogP contribution in [0.25, 0.3) is 5.57 Å². The predicted molar refractivity (Wildman–Crippen MR) is 339 cm³/mol. The van der Waals surface area contributed by atoms with Gasteiger partial charge in [0, 0.05) is 31.4 Å². The highest BCUT2D eigenvalue weighted by atomic mass is 16.2. The number of hydrogen-bond donors (Lipinski definition) is 2. The summed E-state index contributed by atoms with van der Waals surface area (Å²) in [6.45, 7) is 52.3. The van der Waals surface area contributed by atoms with Crippen LogP contribution in [0.2, 0.25) is 0 Å². The molecular formula is C68H126N2O5. The van der Waals surface area contributed by atoms with E-state index in [0.717, 1.165) is 87.3 Å². The molecule has 0 aliphatic heterocycles. The highest BCUT2D eigenvalue weighted by molar-refractivity contribution is 6.37. The molecule has 0 amide bonds. The topological polar surface area (TPSA) is 137 Å². The van der Waals surface area contributed by atoms with Crippen LogP contribution in [0, 0.1) is 30.6 Å².